The first-order chi connectivity index (χ1) is 8.07. The minimum Gasteiger partial charge on any atom is -0.481 e. The summed E-state index contributed by atoms with van der Waals surface area (Å²) in [5, 5.41) is 9.07. The number of esters is 1. The van der Waals surface area contributed by atoms with E-state index in [0.717, 1.165) is 18.4 Å². The zero-order valence-corrected chi connectivity index (χ0v) is 9.60. The predicted octanol–water partition coefficient (Wildman–Crippen LogP) is 1.88. The Morgan fingerprint density at radius 2 is 1.88 bits per heavy atom. The van der Waals surface area contributed by atoms with E-state index in [1.54, 1.807) is 24.3 Å². The van der Waals surface area contributed by atoms with Crippen molar-refractivity contribution >= 4 is 11.9 Å². The van der Waals surface area contributed by atoms with Gasteiger partial charge in [-0.1, -0.05) is 12.1 Å². The highest BCUT2D eigenvalue weighted by Crippen LogP contribution is 2.48. The molecule has 4 heteroatoms. The number of methoxy groups -OCH3 is 1. The van der Waals surface area contributed by atoms with Crippen molar-refractivity contribution in [2.75, 3.05) is 7.11 Å². The second-order valence-corrected chi connectivity index (χ2v) is 4.45. The maximum atomic E-state index is 11.2. The molecule has 0 aromatic heterocycles. The fraction of sp³-hybridized carbons (Fsp3) is 0.385. The summed E-state index contributed by atoms with van der Waals surface area (Å²) in [6, 6.07) is 6.91. The first kappa shape index (κ1) is 11.6. The molecule has 1 aromatic carbocycles. The molecule has 90 valence electrons. The minimum atomic E-state index is -0.727. The average Bonchev–Trinajstić information content (AvgIpc) is 3.10. The van der Waals surface area contributed by atoms with Crippen molar-refractivity contribution in [1.82, 2.24) is 0 Å². The fourth-order valence-corrected chi connectivity index (χ4v) is 1.88. The van der Waals surface area contributed by atoms with Crippen LogP contribution in [0.5, 0.6) is 0 Å². The normalized spacial score (nSPS) is 16.3. The van der Waals surface area contributed by atoms with Crippen molar-refractivity contribution in [3.63, 3.8) is 0 Å². The summed E-state index contributed by atoms with van der Waals surface area (Å²) in [5.74, 6) is -1.11. The Hall–Kier alpha value is -1.84. The number of benzene rings is 1. The van der Waals surface area contributed by atoms with Gasteiger partial charge in [0.1, 0.15) is 0 Å². The molecule has 0 heterocycles. The molecule has 1 aliphatic carbocycles. The minimum absolute atomic E-state index is 0.379. The summed E-state index contributed by atoms with van der Waals surface area (Å²) in [6.45, 7) is 0. The van der Waals surface area contributed by atoms with E-state index in [0.29, 0.717) is 12.0 Å². The van der Waals surface area contributed by atoms with Crippen molar-refractivity contribution < 1.29 is 19.4 Å². The number of carboxylic acid groups (broad SMARTS) is 1. The van der Waals surface area contributed by atoms with E-state index in [1.807, 2.05) is 0 Å². The van der Waals surface area contributed by atoms with Gasteiger partial charge in [0.2, 0.25) is 0 Å². The summed E-state index contributed by atoms with van der Waals surface area (Å²) in [6.07, 6.45) is 2.01. The number of hydrogen-bond donors (Lipinski definition) is 1. The second kappa shape index (κ2) is 4.20. The summed E-state index contributed by atoms with van der Waals surface area (Å²) in [7, 11) is 1.33. The molecule has 1 saturated carbocycles. The van der Waals surface area contributed by atoms with E-state index in [2.05, 4.69) is 4.74 Å². The Balaban J connectivity index is 2.09. The lowest BCUT2D eigenvalue weighted by atomic mass is 9.96. The highest BCUT2D eigenvalue weighted by atomic mass is 16.5. The van der Waals surface area contributed by atoms with Crippen molar-refractivity contribution in [2.24, 2.45) is 5.41 Å². The van der Waals surface area contributed by atoms with Gasteiger partial charge in [-0.05, 0) is 37.0 Å². The third-order valence-corrected chi connectivity index (χ3v) is 3.22. The zero-order chi connectivity index (χ0) is 12.5. The molecule has 0 unspecified atom stereocenters. The van der Waals surface area contributed by atoms with E-state index in [9.17, 15) is 9.59 Å². The summed E-state index contributed by atoms with van der Waals surface area (Å²) >= 11 is 0. The fourth-order valence-electron chi connectivity index (χ4n) is 1.88. The molecule has 0 amide bonds. The van der Waals surface area contributed by atoms with Gasteiger partial charge in [-0.3, -0.25) is 4.79 Å². The van der Waals surface area contributed by atoms with Crippen molar-refractivity contribution in [1.29, 1.82) is 0 Å². The first-order valence-electron chi connectivity index (χ1n) is 5.48. The molecule has 1 N–H and O–H groups in total. The Morgan fingerprint density at radius 3 is 2.29 bits per heavy atom. The summed E-state index contributed by atoms with van der Waals surface area (Å²) in [4.78, 5) is 22.2. The van der Waals surface area contributed by atoms with E-state index in [4.69, 9.17) is 5.11 Å². The van der Waals surface area contributed by atoms with Gasteiger partial charge in [0.15, 0.2) is 0 Å². The van der Waals surface area contributed by atoms with Crippen LogP contribution in [0.3, 0.4) is 0 Å². The molecule has 17 heavy (non-hydrogen) atoms. The molecule has 4 nitrogen and oxygen atoms in total. The maximum absolute atomic E-state index is 11.2. The van der Waals surface area contributed by atoms with Crippen LogP contribution in [-0.4, -0.2) is 24.2 Å². The first-order valence-corrected chi connectivity index (χ1v) is 5.48. The lowest BCUT2D eigenvalue weighted by molar-refractivity contribution is -0.143. The maximum Gasteiger partial charge on any atom is 0.337 e. The van der Waals surface area contributed by atoms with Gasteiger partial charge in [-0.15, -0.1) is 0 Å². The Kier molecular flexibility index (Phi) is 2.88. The molecular weight excluding hydrogens is 220 g/mol. The van der Waals surface area contributed by atoms with Crippen LogP contribution >= 0.6 is 0 Å². The van der Waals surface area contributed by atoms with Gasteiger partial charge in [-0.25, -0.2) is 4.79 Å². The van der Waals surface area contributed by atoms with Crippen molar-refractivity contribution in [2.45, 2.75) is 19.3 Å². The second-order valence-electron chi connectivity index (χ2n) is 4.45. The highest BCUT2D eigenvalue weighted by Gasteiger charge is 2.49. The molecule has 0 atom stereocenters. The largest absolute Gasteiger partial charge is 0.481 e. The molecule has 2 rings (SSSR count). The van der Waals surface area contributed by atoms with Crippen LogP contribution < -0.4 is 0 Å². The SMILES string of the molecule is COC(=O)c1ccc(CC2(C(=O)O)CC2)cc1. The van der Waals surface area contributed by atoms with Crippen LogP contribution in [-0.2, 0) is 16.0 Å². The molecule has 1 fully saturated rings. The zero-order valence-electron chi connectivity index (χ0n) is 9.60. The van der Waals surface area contributed by atoms with Crippen LogP contribution in [0, 0.1) is 5.41 Å². The van der Waals surface area contributed by atoms with Crippen LogP contribution in [0.2, 0.25) is 0 Å². The standard InChI is InChI=1S/C13H14O4/c1-17-11(14)10-4-2-9(3-5-10)8-13(6-7-13)12(15)16/h2-5H,6-8H2,1H3,(H,15,16). The predicted molar refractivity (Wildman–Crippen MR) is 60.8 cm³/mol. The molecular formula is C13H14O4. The lowest BCUT2D eigenvalue weighted by Crippen LogP contribution is -2.17. The summed E-state index contributed by atoms with van der Waals surface area (Å²) < 4.78 is 4.59. The number of aliphatic carboxylic acids is 1. The van der Waals surface area contributed by atoms with E-state index >= 15 is 0 Å². The topological polar surface area (TPSA) is 63.6 Å². The van der Waals surface area contributed by atoms with Crippen molar-refractivity contribution in [3.05, 3.63) is 35.4 Å². The Labute approximate surface area is 99.2 Å². The third kappa shape index (κ3) is 2.30. The van der Waals surface area contributed by atoms with E-state index < -0.39 is 11.4 Å². The summed E-state index contributed by atoms with van der Waals surface area (Å²) in [5.41, 5.74) is 0.862. The smallest absolute Gasteiger partial charge is 0.337 e. The number of carbonyl (C=O) groups is 2. The van der Waals surface area contributed by atoms with Crippen LogP contribution in [0.4, 0.5) is 0 Å². The molecule has 0 aliphatic heterocycles. The van der Waals surface area contributed by atoms with Gasteiger partial charge >= 0.3 is 11.9 Å². The molecule has 0 bridgehead atoms. The molecule has 1 aliphatic rings. The molecule has 1 aromatic rings. The van der Waals surface area contributed by atoms with Gasteiger partial charge < -0.3 is 9.84 Å². The van der Waals surface area contributed by atoms with E-state index in [-0.39, 0.29) is 5.97 Å². The van der Waals surface area contributed by atoms with Gasteiger partial charge in [-0.2, -0.15) is 0 Å². The number of carboxylic acids is 1. The molecule has 0 radical (unpaired) electrons. The number of carbonyl (C=O) groups excluding carboxylic acids is 1. The highest BCUT2D eigenvalue weighted by molar-refractivity contribution is 5.89. The number of hydrogen-bond acceptors (Lipinski definition) is 3. The average molecular weight is 234 g/mol. The molecule has 0 spiro atoms. The Bertz CT molecular complexity index is 443. The van der Waals surface area contributed by atoms with Crippen molar-refractivity contribution in [3.8, 4) is 0 Å². The van der Waals surface area contributed by atoms with Crippen LogP contribution in [0.25, 0.3) is 0 Å². The van der Waals surface area contributed by atoms with Gasteiger partial charge in [0, 0.05) is 0 Å². The number of ether oxygens (including phenoxy) is 1. The van der Waals surface area contributed by atoms with E-state index in [1.165, 1.54) is 7.11 Å². The van der Waals surface area contributed by atoms with Gasteiger partial charge in [0.25, 0.3) is 0 Å². The molecule has 0 saturated heterocycles. The van der Waals surface area contributed by atoms with Crippen LogP contribution in [0.1, 0.15) is 28.8 Å². The number of rotatable bonds is 4. The quantitative estimate of drug-likeness (QED) is 0.808. The monoisotopic (exact) mass is 234 g/mol. The lowest BCUT2D eigenvalue weighted by Gasteiger charge is -2.09. The van der Waals surface area contributed by atoms with Gasteiger partial charge in [0.05, 0.1) is 18.1 Å². The Morgan fingerprint density at radius 1 is 1.29 bits per heavy atom. The van der Waals surface area contributed by atoms with Crippen LogP contribution in [0.15, 0.2) is 24.3 Å². The third-order valence-electron chi connectivity index (χ3n) is 3.22.